The molecule has 1 fully saturated rings. The summed E-state index contributed by atoms with van der Waals surface area (Å²) in [5.41, 5.74) is 1.95. The van der Waals surface area contributed by atoms with Gasteiger partial charge in [0.2, 0.25) is 5.91 Å². The monoisotopic (exact) mass is 323 g/mol. The Morgan fingerprint density at radius 1 is 1.04 bits per heavy atom. The van der Waals surface area contributed by atoms with E-state index in [2.05, 4.69) is 17.4 Å². The molecule has 0 aliphatic heterocycles. The van der Waals surface area contributed by atoms with E-state index in [1.165, 1.54) is 11.6 Å². The van der Waals surface area contributed by atoms with Crippen molar-refractivity contribution in [2.75, 3.05) is 0 Å². The van der Waals surface area contributed by atoms with Gasteiger partial charge in [-0.05, 0) is 42.4 Å². The number of carbonyl (C=O) groups is 2. The molecular formula is C20H21NO3. The zero-order valence-electron chi connectivity index (χ0n) is 13.4. The molecule has 124 valence electrons. The zero-order valence-corrected chi connectivity index (χ0v) is 13.4. The van der Waals surface area contributed by atoms with Gasteiger partial charge in [-0.25, -0.2) is 4.79 Å². The SMILES string of the molecule is O=C(Cc1ccccc1C(=O)O)NC(Cc1ccccc1)C1CC1. The van der Waals surface area contributed by atoms with Gasteiger partial charge in [-0.15, -0.1) is 0 Å². The van der Waals surface area contributed by atoms with Gasteiger partial charge in [-0.1, -0.05) is 48.5 Å². The van der Waals surface area contributed by atoms with Gasteiger partial charge in [0, 0.05) is 6.04 Å². The second-order valence-corrected chi connectivity index (χ2v) is 6.34. The van der Waals surface area contributed by atoms with Crippen LogP contribution in [0.3, 0.4) is 0 Å². The predicted molar refractivity (Wildman–Crippen MR) is 91.9 cm³/mol. The molecule has 0 saturated heterocycles. The van der Waals surface area contributed by atoms with Crippen LogP contribution in [0.15, 0.2) is 54.6 Å². The molecule has 2 aromatic carbocycles. The van der Waals surface area contributed by atoms with Gasteiger partial charge in [0.1, 0.15) is 0 Å². The van der Waals surface area contributed by atoms with Crippen LogP contribution in [-0.2, 0) is 17.6 Å². The Bertz CT molecular complexity index is 723. The summed E-state index contributed by atoms with van der Waals surface area (Å²) in [5.74, 6) is -0.582. The van der Waals surface area contributed by atoms with Gasteiger partial charge in [0.15, 0.2) is 0 Å². The number of carboxylic acid groups (broad SMARTS) is 1. The third kappa shape index (κ3) is 4.22. The number of rotatable bonds is 7. The smallest absolute Gasteiger partial charge is 0.335 e. The molecule has 1 atom stereocenters. The highest BCUT2D eigenvalue weighted by molar-refractivity contribution is 5.91. The molecule has 1 saturated carbocycles. The summed E-state index contributed by atoms with van der Waals surface area (Å²) >= 11 is 0. The number of carbonyl (C=O) groups excluding carboxylic acids is 1. The number of nitrogens with one attached hydrogen (secondary N) is 1. The Hall–Kier alpha value is -2.62. The van der Waals surface area contributed by atoms with E-state index in [4.69, 9.17) is 0 Å². The van der Waals surface area contributed by atoms with Crippen molar-refractivity contribution in [3.05, 3.63) is 71.3 Å². The van der Waals surface area contributed by atoms with Gasteiger partial charge in [0.05, 0.1) is 12.0 Å². The fourth-order valence-electron chi connectivity index (χ4n) is 3.02. The summed E-state index contributed by atoms with van der Waals surface area (Å²) in [6.07, 6.45) is 3.20. The third-order valence-electron chi connectivity index (χ3n) is 4.43. The van der Waals surface area contributed by atoms with Crippen molar-refractivity contribution in [2.24, 2.45) is 5.92 Å². The fourth-order valence-corrected chi connectivity index (χ4v) is 3.02. The maximum atomic E-state index is 12.4. The second-order valence-electron chi connectivity index (χ2n) is 6.34. The summed E-state index contributed by atoms with van der Waals surface area (Å²) in [6.45, 7) is 0. The largest absolute Gasteiger partial charge is 0.478 e. The normalized spacial score (nSPS) is 14.8. The summed E-state index contributed by atoms with van der Waals surface area (Å²) in [4.78, 5) is 23.7. The lowest BCUT2D eigenvalue weighted by Crippen LogP contribution is -2.39. The first-order valence-electron chi connectivity index (χ1n) is 8.28. The van der Waals surface area contributed by atoms with Gasteiger partial charge in [0.25, 0.3) is 0 Å². The molecule has 1 aliphatic carbocycles. The van der Waals surface area contributed by atoms with Crippen molar-refractivity contribution < 1.29 is 14.7 Å². The molecule has 4 heteroatoms. The first kappa shape index (κ1) is 16.2. The minimum absolute atomic E-state index is 0.0977. The van der Waals surface area contributed by atoms with E-state index in [1.807, 2.05) is 18.2 Å². The lowest BCUT2D eigenvalue weighted by molar-refractivity contribution is -0.121. The zero-order chi connectivity index (χ0) is 16.9. The summed E-state index contributed by atoms with van der Waals surface area (Å²) < 4.78 is 0. The number of hydrogen-bond acceptors (Lipinski definition) is 2. The molecule has 0 aromatic heterocycles. The molecule has 2 N–H and O–H groups in total. The highest BCUT2D eigenvalue weighted by Gasteiger charge is 2.32. The molecule has 0 bridgehead atoms. The average molecular weight is 323 g/mol. The molecule has 1 amide bonds. The number of hydrogen-bond donors (Lipinski definition) is 2. The average Bonchev–Trinajstić information content (AvgIpc) is 3.40. The molecule has 2 aromatic rings. The fraction of sp³-hybridized carbons (Fsp3) is 0.300. The van der Waals surface area contributed by atoms with Gasteiger partial charge < -0.3 is 10.4 Å². The molecule has 4 nitrogen and oxygen atoms in total. The van der Waals surface area contributed by atoms with E-state index < -0.39 is 5.97 Å². The van der Waals surface area contributed by atoms with Crippen LogP contribution >= 0.6 is 0 Å². The van der Waals surface area contributed by atoms with Gasteiger partial charge in [-0.3, -0.25) is 4.79 Å². The third-order valence-corrected chi connectivity index (χ3v) is 4.43. The van der Waals surface area contributed by atoms with E-state index >= 15 is 0 Å². The Labute approximate surface area is 141 Å². The first-order chi connectivity index (χ1) is 11.6. The molecule has 1 aliphatic rings. The van der Waals surface area contributed by atoms with E-state index in [0.717, 1.165) is 19.3 Å². The van der Waals surface area contributed by atoms with Crippen LogP contribution in [-0.4, -0.2) is 23.0 Å². The summed E-state index contributed by atoms with van der Waals surface area (Å²) in [6, 6.07) is 16.9. The van der Waals surface area contributed by atoms with Crippen molar-refractivity contribution in [1.29, 1.82) is 0 Å². The van der Waals surface area contributed by atoms with Crippen molar-refractivity contribution in [3.8, 4) is 0 Å². The van der Waals surface area contributed by atoms with Crippen molar-refractivity contribution >= 4 is 11.9 Å². The van der Waals surface area contributed by atoms with Crippen LogP contribution in [0.1, 0.15) is 34.3 Å². The van der Waals surface area contributed by atoms with E-state index in [0.29, 0.717) is 11.5 Å². The minimum Gasteiger partial charge on any atom is -0.478 e. The van der Waals surface area contributed by atoms with Crippen molar-refractivity contribution in [2.45, 2.75) is 31.7 Å². The predicted octanol–water partition coefficient (Wildman–Crippen LogP) is 3.06. The Kier molecular flexibility index (Phi) is 4.94. The lowest BCUT2D eigenvalue weighted by Gasteiger charge is -2.19. The Morgan fingerprint density at radius 2 is 1.71 bits per heavy atom. The Morgan fingerprint density at radius 3 is 2.38 bits per heavy atom. The van der Waals surface area contributed by atoms with Gasteiger partial charge in [-0.2, -0.15) is 0 Å². The highest BCUT2D eigenvalue weighted by atomic mass is 16.4. The maximum Gasteiger partial charge on any atom is 0.335 e. The van der Waals surface area contributed by atoms with E-state index in [9.17, 15) is 14.7 Å². The highest BCUT2D eigenvalue weighted by Crippen LogP contribution is 2.34. The summed E-state index contributed by atoms with van der Waals surface area (Å²) in [5, 5.41) is 12.3. The summed E-state index contributed by atoms with van der Waals surface area (Å²) in [7, 11) is 0. The molecule has 24 heavy (non-hydrogen) atoms. The van der Waals surface area contributed by atoms with Crippen molar-refractivity contribution in [3.63, 3.8) is 0 Å². The lowest BCUT2D eigenvalue weighted by atomic mass is 10.0. The van der Waals surface area contributed by atoms with Crippen molar-refractivity contribution in [1.82, 2.24) is 5.32 Å². The topological polar surface area (TPSA) is 66.4 Å². The standard InChI is InChI=1S/C20H21NO3/c22-19(13-16-8-4-5-9-17(16)20(23)24)21-18(15-10-11-15)12-14-6-2-1-3-7-14/h1-9,15,18H,10-13H2,(H,21,22)(H,23,24). The number of benzene rings is 2. The molecule has 0 spiro atoms. The van der Waals surface area contributed by atoms with Crippen LogP contribution in [0.5, 0.6) is 0 Å². The maximum absolute atomic E-state index is 12.4. The van der Waals surface area contributed by atoms with Crippen LogP contribution in [0.25, 0.3) is 0 Å². The van der Waals surface area contributed by atoms with Crippen LogP contribution < -0.4 is 5.32 Å². The molecule has 3 rings (SSSR count). The number of amides is 1. The van der Waals surface area contributed by atoms with Crippen LogP contribution in [0.4, 0.5) is 0 Å². The molecule has 0 heterocycles. The number of carboxylic acids is 1. The van der Waals surface area contributed by atoms with Crippen LogP contribution in [0, 0.1) is 5.92 Å². The molecular weight excluding hydrogens is 302 g/mol. The van der Waals surface area contributed by atoms with E-state index in [1.54, 1.807) is 18.2 Å². The van der Waals surface area contributed by atoms with Gasteiger partial charge >= 0.3 is 5.97 Å². The van der Waals surface area contributed by atoms with E-state index in [-0.39, 0.29) is 23.9 Å². The van der Waals surface area contributed by atoms with Crippen LogP contribution in [0.2, 0.25) is 0 Å². The Balaban J connectivity index is 1.65. The second kappa shape index (κ2) is 7.30. The minimum atomic E-state index is -0.999. The first-order valence-corrected chi connectivity index (χ1v) is 8.28. The molecule has 0 radical (unpaired) electrons. The number of aromatic carboxylic acids is 1. The quantitative estimate of drug-likeness (QED) is 0.823. The molecule has 1 unspecified atom stereocenters.